The number of nitrogens with one attached hydrogen (secondary N) is 1. The van der Waals surface area contributed by atoms with Gasteiger partial charge in [-0.2, -0.15) is 0 Å². The molecule has 0 bridgehead atoms. The summed E-state index contributed by atoms with van der Waals surface area (Å²) in [6, 6.07) is 4.47. The van der Waals surface area contributed by atoms with Crippen LogP contribution in [-0.2, 0) is 0 Å². The van der Waals surface area contributed by atoms with Crippen LogP contribution in [0, 0.1) is 6.92 Å². The molecule has 1 aromatic carbocycles. The third-order valence-corrected chi connectivity index (χ3v) is 3.21. The molecule has 3 heteroatoms. The monoisotopic (exact) mass is 221 g/mol. The second kappa shape index (κ2) is 4.74. The molecule has 1 aliphatic heterocycles. The summed E-state index contributed by atoms with van der Waals surface area (Å²) in [6.07, 6.45) is 2.40. The zero-order chi connectivity index (χ0) is 11.5. The van der Waals surface area contributed by atoms with Gasteiger partial charge in [0.2, 0.25) is 0 Å². The highest BCUT2D eigenvalue weighted by Crippen LogP contribution is 2.39. The summed E-state index contributed by atoms with van der Waals surface area (Å²) in [5.41, 5.74) is 2.51. The third-order valence-electron chi connectivity index (χ3n) is 3.21. The van der Waals surface area contributed by atoms with Crippen LogP contribution >= 0.6 is 0 Å². The molecule has 1 saturated heterocycles. The van der Waals surface area contributed by atoms with Gasteiger partial charge >= 0.3 is 0 Å². The largest absolute Gasteiger partial charge is 0.493 e. The topological polar surface area (TPSA) is 30.5 Å². The van der Waals surface area contributed by atoms with Crippen LogP contribution in [0.3, 0.4) is 0 Å². The van der Waals surface area contributed by atoms with Crippen molar-refractivity contribution >= 4 is 0 Å². The van der Waals surface area contributed by atoms with Gasteiger partial charge in [-0.1, -0.05) is 6.07 Å². The number of aryl methyl sites for hydroxylation is 1. The number of hydrogen-bond donors (Lipinski definition) is 1. The van der Waals surface area contributed by atoms with Gasteiger partial charge in [0, 0.05) is 11.6 Å². The summed E-state index contributed by atoms with van der Waals surface area (Å²) in [7, 11) is 3.38. The van der Waals surface area contributed by atoms with Crippen LogP contribution in [0.15, 0.2) is 12.1 Å². The first-order valence-corrected chi connectivity index (χ1v) is 5.72. The van der Waals surface area contributed by atoms with Gasteiger partial charge in [0.1, 0.15) is 0 Å². The van der Waals surface area contributed by atoms with Crippen LogP contribution in [0.1, 0.15) is 30.0 Å². The smallest absolute Gasteiger partial charge is 0.165 e. The van der Waals surface area contributed by atoms with E-state index in [2.05, 4.69) is 18.3 Å². The molecule has 16 heavy (non-hydrogen) atoms. The Morgan fingerprint density at radius 1 is 1.25 bits per heavy atom. The van der Waals surface area contributed by atoms with E-state index in [1.54, 1.807) is 14.2 Å². The van der Waals surface area contributed by atoms with Gasteiger partial charge in [0.25, 0.3) is 0 Å². The summed E-state index contributed by atoms with van der Waals surface area (Å²) in [6.45, 7) is 3.21. The Kier molecular flexibility index (Phi) is 3.34. The number of hydrogen-bond acceptors (Lipinski definition) is 3. The van der Waals surface area contributed by atoms with Crippen LogP contribution in [0.25, 0.3) is 0 Å². The number of rotatable bonds is 3. The minimum absolute atomic E-state index is 0.407. The first-order valence-electron chi connectivity index (χ1n) is 5.72. The van der Waals surface area contributed by atoms with E-state index in [1.807, 2.05) is 6.07 Å². The van der Waals surface area contributed by atoms with Gasteiger partial charge in [-0.25, -0.2) is 0 Å². The van der Waals surface area contributed by atoms with Crippen molar-refractivity contribution in [2.45, 2.75) is 25.8 Å². The van der Waals surface area contributed by atoms with Crippen molar-refractivity contribution < 1.29 is 9.47 Å². The SMILES string of the molecule is COc1ccc(C)c(C2CCCN2)c1OC. The molecule has 2 rings (SSSR count). The standard InChI is InChI=1S/C13H19NO2/c1-9-6-7-11(15-2)13(16-3)12(9)10-5-4-8-14-10/h6-7,10,14H,4-5,8H2,1-3H3. The molecule has 0 aliphatic carbocycles. The molecule has 88 valence electrons. The molecule has 1 aromatic rings. The molecular formula is C13H19NO2. The summed E-state index contributed by atoms with van der Waals surface area (Å²) >= 11 is 0. The Labute approximate surface area is 96.8 Å². The minimum atomic E-state index is 0.407. The lowest BCUT2D eigenvalue weighted by atomic mass is 9.98. The quantitative estimate of drug-likeness (QED) is 0.850. The molecule has 3 nitrogen and oxygen atoms in total. The van der Waals surface area contributed by atoms with Gasteiger partial charge in [-0.3, -0.25) is 0 Å². The Hall–Kier alpha value is -1.22. The first kappa shape index (κ1) is 11.3. The number of methoxy groups -OCH3 is 2. The second-order valence-electron chi connectivity index (χ2n) is 4.18. The van der Waals surface area contributed by atoms with E-state index >= 15 is 0 Å². The Morgan fingerprint density at radius 2 is 2.06 bits per heavy atom. The lowest BCUT2D eigenvalue weighted by molar-refractivity contribution is 0.348. The summed E-state index contributed by atoms with van der Waals surface area (Å²) in [4.78, 5) is 0. The van der Waals surface area contributed by atoms with Gasteiger partial charge < -0.3 is 14.8 Å². The van der Waals surface area contributed by atoms with Crippen LogP contribution < -0.4 is 14.8 Å². The highest BCUT2D eigenvalue weighted by molar-refractivity contribution is 5.52. The fourth-order valence-corrected chi connectivity index (χ4v) is 2.41. The maximum Gasteiger partial charge on any atom is 0.165 e. The molecule has 0 spiro atoms. The molecule has 1 unspecified atom stereocenters. The van der Waals surface area contributed by atoms with Crippen molar-refractivity contribution in [1.29, 1.82) is 0 Å². The average Bonchev–Trinajstić information content (AvgIpc) is 2.81. The van der Waals surface area contributed by atoms with Crippen LogP contribution in [0.5, 0.6) is 11.5 Å². The van der Waals surface area contributed by atoms with Crippen LogP contribution in [-0.4, -0.2) is 20.8 Å². The van der Waals surface area contributed by atoms with Crippen molar-refractivity contribution in [2.24, 2.45) is 0 Å². The fourth-order valence-electron chi connectivity index (χ4n) is 2.41. The summed E-state index contributed by atoms with van der Waals surface area (Å²) in [5.74, 6) is 1.69. The molecule has 0 saturated carbocycles. The zero-order valence-electron chi connectivity index (χ0n) is 10.2. The predicted octanol–water partition coefficient (Wildman–Crippen LogP) is 2.44. The second-order valence-corrected chi connectivity index (χ2v) is 4.18. The van der Waals surface area contributed by atoms with E-state index in [9.17, 15) is 0 Å². The summed E-state index contributed by atoms with van der Waals surface area (Å²) < 4.78 is 10.8. The first-order chi connectivity index (χ1) is 7.77. The van der Waals surface area contributed by atoms with Crippen molar-refractivity contribution in [3.63, 3.8) is 0 Å². The number of ether oxygens (including phenoxy) is 2. The van der Waals surface area contributed by atoms with E-state index in [-0.39, 0.29) is 0 Å². The highest BCUT2D eigenvalue weighted by Gasteiger charge is 2.23. The Morgan fingerprint density at radius 3 is 2.62 bits per heavy atom. The lowest BCUT2D eigenvalue weighted by Gasteiger charge is -2.19. The van der Waals surface area contributed by atoms with Crippen LogP contribution in [0.4, 0.5) is 0 Å². The van der Waals surface area contributed by atoms with Crippen molar-refractivity contribution in [3.8, 4) is 11.5 Å². The number of benzene rings is 1. The highest BCUT2D eigenvalue weighted by atomic mass is 16.5. The van der Waals surface area contributed by atoms with Gasteiger partial charge in [0.05, 0.1) is 14.2 Å². The molecule has 1 N–H and O–H groups in total. The molecular weight excluding hydrogens is 202 g/mol. The third kappa shape index (κ3) is 1.87. The van der Waals surface area contributed by atoms with Gasteiger partial charge in [-0.15, -0.1) is 0 Å². The van der Waals surface area contributed by atoms with Gasteiger partial charge in [0.15, 0.2) is 11.5 Å². The average molecular weight is 221 g/mol. The van der Waals surface area contributed by atoms with E-state index < -0.39 is 0 Å². The lowest BCUT2D eigenvalue weighted by Crippen LogP contribution is -2.15. The molecule has 0 amide bonds. The molecule has 1 fully saturated rings. The van der Waals surface area contributed by atoms with E-state index in [1.165, 1.54) is 24.0 Å². The molecule has 1 atom stereocenters. The molecule has 0 radical (unpaired) electrons. The maximum absolute atomic E-state index is 5.50. The normalized spacial score (nSPS) is 19.8. The van der Waals surface area contributed by atoms with Crippen molar-refractivity contribution in [2.75, 3.05) is 20.8 Å². The molecule has 1 heterocycles. The van der Waals surface area contributed by atoms with E-state index in [4.69, 9.17) is 9.47 Å². The zero-order valence-corrected chi connectivity index (χ0v) is 10.2. The summed E-state index contributed by atoms with van der Waals surface area (Å²) in [5, 5.41) is 3.50. The van der Waals surface area contributed by atoms with Gasteiger partial charge in [-0.05, 0) is 37.9 Å². The fraction of sp³-hybridized carbons (Fsp3) is 0.538. The van der Waals surface area contributed by atoms with E-state index in [0.717, 1.165) is 18.0 Å². The van der Waals surface area contributed by atoms with Crippen LogP contribution in [0.2, 0.25) is 0 Å². The maximum atomic E-state index is 5.50. The van der Waals surface area contributed by atoms with E-state index in [0.29, 0.717) is 6.04 Å². The van der Waals surface area contributed by atoms with Crippen molar-refractivity contribution in [3.05, 3.63) is 23.3 Å². The Bertz CT molecular complexity index is 370. The molecule has 0 aromatic heterocycles. The molecule has 1 aliphatic rings. The predicted molar refractivity (Wildman–Crippen MR) is 64.3 cm³/mol. The minimum Gasteiger partial charge on any atom is -0.493 e. The Balaban J connectivity index is 2.47. The van der Waals surface area contributed by atoms with Crippen molar-refractivity contribution in [1.82, 2.24) is 5.32 Å².